The minimum atomic E-state index is -0.481. The summed E-state index contributed by atoms with van der Waals surface area (Å²) in [6.07, 6.45) is 2.83. The summed E-state index contributed by atoms with van der Waals surface area (Å²) in [7, 11) is 0. The molecule has 4 nitrogen and oxygen atoms in total. The molecule has 2 aromatic rings. The van der Waals surface area contributed by atoms with Crippen molar-refractivity contribution in [1.82, 2.24) is 9.97 Å². The zero-order chi connectivity index (χ0) is 9.97. The number of primary amides is 1. The Bertz CT molecular complexity index is 466. The topological polar surface area (TPSA) is 71.8 Å². The zero-order valence-electron chi connectivity index (χ0n) is 7.40. The predicted octanol–water partition coefficient (Wildman–Crippen LogP) is 1.06. The van der Waals surface area contributed by atoms with E-state index in [2.05, 4.69) is 9.97 Å². The molecule has 0 radical (unpaired) electrons. The minimum Gasteiger partial charge on any atom is -0.366 e. The maximum Gasteiger partial charge on any atom is 0.241 e. The number of amides is 1. The van der Waals surface area contributed by atoms with Crippen LogP contribution in [-0.4, -0.2) is 15.9 Å². The van der Waals surface area contributed by atoms with Gasteiger partial charge in [0.05, 0.1) is 11.0 Å². The molecule has 70 valence electrons. The highest BCUT2D eigenvalue weighted by Gasteiger charge is 1.97. The molecule has 0 aliphatic rings. The van der Waals surface area contributed by atoms with Gasteiger partial charge in [0.2, 0.25) is 5.91 Å². The lowest BCUT2D eigenvalue weighted by atomic mass is 10.3. The number of para-hydroxylation sites is 2. The number of nitrogens with zero attached hydrogens (tertiary/aromatic N) is 1. The quantitative estimate of drug-likeness (QED) is 0.690. The van der Waals surface area contributed by atoms with Crippen molar-refractivity contribution in [2.24, 2.45) is 5.73 Å². The Morgan fingerprint density at radius 1 is 1.43 bits per heavy atom. The molecule has 0 atom stereocenters. The highest BCUT2D eigenvalue weighted by Crippen LogP contribution is 2.10. The lowest BCUT2D eigenvalue weighted by Crippen LogP contribution is -2.05. The Balaban J connectivity index is 2.40. The fraction of sp³-hybridized carbons (Fsp3) is 0. The van der Waals surface area contributed by atoms with Gasteiger partial charge in [-0.05, 0) is 18.2 Å². The second kappa shape index (κ2) is 3.33. The van der Waals surface area contributed by atoms with Crippen LogP contribution in [0.4, 0.5) is 0 Å². The third-order valence-corrected chi connectivity index (χ3v) is 1.81. The number of imidazole rings is 1. The van der Waals surface area contributed by atoms with Gasteiger partial charge in [0.1, 0.15) is 5.82 Å². The average molecular weight is 187 g/mol. The van der Waals surface area contributed by atoms with Crippen LogP contribution in [-0.2, 0) is 4.79 Å². The number of hydrogen-bond acceptors (Lipinski definition) is 2. The predicted molar refractivity (Wildman–Crippen MR) is 54.3 cm³/mol. The summed E-state index contributed by atoms with van der Waals surface area (Å²) in [6.45, 7) is 0. The molecule has 2 rings (SSSR count). The van der Waals surface area contributed by atoms with Gasteiger partial charge >= 0.3 is 0 Å². The monoisotopic (exact) mass is 187 g/mol. The molecule has 0 aliphatic carbocycles. The van der Waals surface area contributed by atoms with E-state index in [1.807, 2.05) is 24.3 Å². The second-order valence-electron chi connectivity index (χ2n) is 2.87. The van der Waals surface area contributed by atoms with Crippen molar-refractivity contribution in [1.29, 1.82) is 0 Å². The summed E-state index contributed by atoms with van der Waals surface area (Å²) in [5.74, 6) is 0.149. The number of aromatic amines is 1. The fourth-order valence-electron chi connectivity index (χ4n) is 1.21. The Kier molecular flexibility index (Phi) is 2.02. The van der Waals surface area contributed by atoms with Crippen LogP contribution in [0.2, 0.25) is 0 Å². The molecule has 1 aromatic heterocycles. The largest absolute Gasteiger partial charge is 0.366 e. The van der Waals surface area contributed by atoms with E-state index in [1.165, 1.54) is 6.08 Å². The third-order valence-electron chi connectivity index (χ3n) is 1.81. The normalized spacial score (nSPS) is 11.1. The first kappa shape index (κ1) is 8.50. The number of carbonyl (C=O) groups excluding carboxylic acids is 1. The molecule has 0 bridgehead atoms. The van der Waals surface area contributed by atoms with Gasteiger partial charge in [0.15, 0.2) is 0 Å². The standard InChI is InChI=1S/C10H9N3O/c11-9(14)5-6-10-12-7-3-1-2-4-8(7)13-10/h1-6H,(H2,11,14)(H,12,13)/b6-5+. The van der Waals surface area contributed by atoms with Crippen LogP contribution in [0.3, 0.4) is 0 Å². The van der Waals surface area contributed by atoms with Gasteiger partial charge in [-0.1, -0.05) is 12.1 Å². The average Bonchev–Trinajstić information content (AvgIpc) is 2.57. The first-order chi connectivity index (χ1) is 6.75. The number of fused-ring (bicyclic) bond motifs is 1. The van der Waals surface area contributed by atoms with Crippen LogP contribution in [0, 0.1) is 0 Å². The van der Waals surface area contributed by atoms with E-state index in [9.17, 15) is 4.79 Å². The van der Waals surface area contributed by atoms with E-state index >= 15 is 0 Å². The Morgan fingerprint density at radius 3 is 2.93 bits per heavy atom. The van der Waals surface area contributed by atoms with E-state index in [-0.39, 0.29) is 0 Å². The minimum absolute atomic E-state index is 0.481. The summed E-state index contributed by atoms with van der Waals surface area (Å²) >= 11 is 0. The van der Waals surface area contributed by atoms with E-state index in [1.54, 1.807) is 6.08 Å². The maximum absolute atomic E-state index is 10.5. The van der Waals surface area contributed by atoms with Crippen molar-refractivity contribution in [3.63, 3.8) is 0 Å². The van der Waals surface area contributed by atoms with Gasteiger partial charge < -0.3 is 10.7 Å². The number of hydrogen-bond donors (Lipinski definition) is 2. The number of nitrogens with two attached hydrogens (primary N) is 1. The van der Waals surface area contributed by atoms with Gasteiger partial charge in [-0.15, -0.1) is 0 Å². The molecule has 3 N–H and O–H groups in total. The Hall–Kier alpha value is -2.10. The molecule has 1 amide bonds. The Labute approximate surface area is 80.4 Å². The molecular formula is C10H9N3O. The molecule has 14 heavy (non-hydrogen) atoms. The lowest BCUT2D eigenvalue weighted by Gasteiger charge is -1.82. The van der Waals surface area contributed by atoms with Crippen LogP contribution in [0.5, 0.6) is 0 Å². The van der Waals surface area contributed by atoms with Crippen molar-refractivity contribution >= 4 is 23.0 Å². The van der Waals surface area contributed by atoms with Gasteiger partial charge in [-0.3, -0.25) is 4.79 Å². The van der Waals surface area contributed by atoms with Crippen molar-refractivity contribution in [2.75, 3.05) is 0 Å². The summed E-state index contributed by atoms with van der Waals surface area (Å²) in [5, 5.41) is 0. The summed E-state index contributed by atoms with van der Waals surface area (Å²) < 4.78 is 0. The summed E-state index contributed by atoms with van der Waals surface area (Å²) in [5.41, 5.74) is 6.78. The molecule has 1 heterocycles. The molecule has 1 aromatic carbocycles. The van der Waals surface area contributed by atoms with Crippen LogP contribution < -0.4 is 5.73 Å². The molecule has 0 spiro atoms. The second-order valence-corrected chi connectivity index (χ2v) is 2.87. The molecule has 0 saturated heterocycles. The van der Waals surface area contributed by atoms with E-state index in [0.717, 1.165) is 11.0 Å². The van der Waals surface area contributed by atoms with Crippen LogP contribution >= 0.6 is 0 Å². The van der Waals surface area contributed by atoms with E-state index < -0.39 is 5.91 Å². The number of nitrogens with one attached hydrogen (secondary N) is 1. The number of H-pyrrole nitrogens is 1. The molecule has 0 unspecified atom stereocenters. The van der Waals surface area contributed by atoms with E-state index in [0.29, 0.717) is 5.82 Å². The van der Waals surface area contributed by atoms with Crippen molar-refractivity contribution in [2.45, 2.75) is 0 Å². The first-order valence-electron chi connectivity index (χ1n) is 4.18. The number of carbonyl (C=O) groups is 1. The van der Waals surface area contributed by atoms with Gasteiger partial charge in [-0.2, -0.15) is 0 Å². The van der Waals surface area contributed by atoms with Crippen molar-refractivity contribution in [3.8, 4) is 0 Å². The number of rotatable bonds is 2. The SMILES string of the molecule is NC(=O)/C=C/c1nc2ccccc2[nH]1. The Morgan fingerprint density at radius 2 is 2.21 bits per heavy atom. The molecule has 4 heteroatoms. The maximum atomic E-state index is 10.5. The highest BCUT2D eigenvalue weighted by molar-refractivity contribution is 5.90. The van der Waals surface area contributed by atoms with Crippen LogP contribution in [0.15, 0.2) is 30.3 Å². The molecule has 0 aliphatic heterocycles. The highest BCUT2D eigenvalue weighted by atomic mass is 16.1. The lowest BCUT2D eigenvalue weighted by molar-refractivity contribution is -0.113. The first-order valence-corrected chi connectivity index (χ1v) is 4.18. The van der Waals surface area contributed by atoms with Gasteiger partial charge in [0.25, 0.3) is 0 Å². The third kappa shape index (κ3) is 1.64. The smallest absolute Gasteiger partial charge is 0.241 e. The van der Waals surface area contributed by atoms with Crippen molar-refractivity contribution < 1.29 is 4.79 Å². The van der Waals surface area contributed by atoms with Crippen LogP contribution in [0.25, 0.3) is 17.1 Å². The zero-order valence-corrected chi connectivity index (χ0v) is 7.40. The van der Waals surface area contributed by atoms with Gasteiger partial charge in [0, 0.05) is 6.08 Å². The van der Waals surface area contributed by atoms with Crippen molar-refractivity contribution in [3.05, 3.63) is 36.2 Å². The number of benzene rings is 1. The fourth-order valence-corrected chi connectivity index (χ4v) is 1.21. The van der Waals surface area contributed by atoms with E-state index in [4.69, 9.17) is 5.73 Å². The van der Waals surface area contributed by atoms with Crippen LogP contribution in [0.1, 0.15) is 5.82 Å². The molecule has 0 fully saturated rings. The van der Waals surface area contributed by atoms with Gasteiger partial charge in [-0.25, -0.2) is 4.98 Å². The molecule has 0 saturated carbocycles. The summed E-state index contributed by atoms with van der Waals surface area (Å²) in [4.78, 5) is 17.8. The molecular weight excluding hydrogens is 178 g/mol. The summed E-state index contributed by atoms with van der Waals surface area (Å²) in [6, 6.07) is 7.64. The number of aromatic nitrogens is 2.